The molecule has 0 radical (unpaired) electrons. The Labute approximate surface area is 173 Å². The lowest BCUT2D eigenvalue weighted by molar-refractivity contribution is -0.134. The number of carbonyl (C=O) groups is 4. The predicted molar refractivity (Wildman–Crippen MR) is 107 cm³/mol. The van der Waals surface area contributed by atoms with Gasteiger partial charge in [-0.2, -0.15) is 0 Å². The molecular weight excluding hydrogens is 392 g/mol. The van der Waals surface area contributed by atoms with E-state index in [0.717, 1.165) is 0 Å². The lowest BCUT2D eigenvalue weighted by atomic mass is 10.1. The standard InChI is InChI=1S/C22H20O8/c1-13(23)27-19-9-18(10-20(12-19)28-14(2)24)6-5-17-7-8-21(29-15(3)25)22(11-17)30-16(4)26/h5-12H,1-4H3. The van der Waals surface area contributed by atoms with Gasteiger partial charge in [0.1, 0.15) is 11.5 Å². The third-order valence-corrected chi connectivity index (χ3v) is 3.37. The minimum Gasteiger partial charge on any atom is -0.427 e. The molecule has 0 aliphatic carbocycles. The molecule has 0 heterocycles. The number of carbonyl (C=O) groups excluding carboxylic acids is 4. The highest BCUT2D eigenvalue weighted by atomic mass is 16.6. The van der Waals surface area contributed by atoms with E-state index < -0.39 is 23.9 Å². The number of rotatable bonds is 6. The smallest absolute Gasteiger partial charge is 0.308 e. The summed E-state index contributed by atoms with van der Waals surface area (Å²) in [7, 11) is 0. The molecule has 8 heteroatoms. The van der Waals surface area contributed by atoms with Gasteiger partial charge in [0.2, 0.25) is 0 Å². The molecule has 0 atom stereocenters. The van der Waals surface area contributed by atoms with Gasteiger partial charge in [-0.05, 0) is 35.4 Å². The normalized spacial score (nSPS) is 10.4. The third kappa shape index (κ3) is 7.23. The van der Waals surface area contributed by atoms with Crippen LogP contribution in [-0.4, -0.2) is 23.9 Å². The predicted octanol–water partition coefficient (Wildman–Crippen LogP) is 3.56. The van der Waals surface area contributed by atoms with E-state index in [4.69, 9.17) is 18.9 Å². The maximum absolute atomic E-state index is 11.3. The van der Waals surface area contributed by atoms with Gasteiger partial charge in [-0.25, -0.2) is 0 Å². The topological polar surface area (TPSA) is 105 Å². The van der Waals surface area contributed by atoms with E-state index >= 15 is 0 Å². The highest BCUT2D eigenvalue weighted by Crippen LogP contribution is 2.30. The van der Waals surface area contributed by atoms with Crippen molar-refractivity contribution in [3.05, 3.63) is 47.5 Å². The monoisotopic (exact) mass is 412 g/mol. The summed E-state index contributed by atoms with van der Waals surface area (Å²) in [5, 5.41) is 0. The summed E-state index contributed by atoms with van der Waals surface area (Å²) in [6, 6.07) is 9.28. The van der Waals surface area contributed by atoms with Crippen LogP contribution >= 0.6 is 0 Å². The first-order valence-corrected chi connectivity index (χ1v) is 8.83. The molecule has 2 rings (SSSR count). The molecule has 2 aromatic carbocycles. The van der Waals surface area contributed by atoms with Crippen LogP contribution < -0.4 is 18.9 Å². The van der Waals surface area contributed by atoms with Crippen molar-refractivity contribution < 1.29 is 38.1 Å². The van der Waals surface area contributed by atoms with Crippen molar-refractivity contribution in [2.45, 2.75) is 27.7 Å². The van der Waals surface area contributed by atoms with Crippen LogP contribution in [0.15, 0.2) is 36.4 Å². The highest BCUT2D eigenvalue weighted by molar-refractivity contribution is 5.77. The quantitative estimate of drug-likeness (QED) is 0.403. The first-order chi connectivity index (χ1) is 14.1. The molecule has 0 spiro atoms. The minimum atomic E-state index is -0.565. The molecule has 0 N–H and O–H groups in total. The summed E-state index contributed by atoms with van der Waals surface area (Å²) in [6.45, 7) is 4.99. The van der Waals surface area contributed by atoms with Gasteiger partial charge in [0.05, 0.1) is 0 Å². The molecule has 0 saturated heterocycles. The van der Waals surface area contributed by atoms with Crippen molar-refractivity contribution in [2.24, 2.45) is 0 Å². The van der Waals surface area contributed by atoms with Crippen LogP contribution in [0.4, 0.5) is 0 Å². The molecule has 30 heavy (non-hydrogen) atoms. The fraction of sp³-hybridized carbons (Fsp3) is 0.182. The Morgan fingerprint density at radius 3 is 1.53 bits per heavy atom. The van der Waals surface area contributed by atoms with Gasteiger partial charge >= 0.3 is 23.9 Å². The number of benzene rings is 2. The molecule has 0 amide bonds. The Bertz CT molecular complexity index is 986. The second-order valence-electron chi connectivity index (χ2n) is 6.15. The molecule has 0 aromatic heterocycles. The van der Waals surface area contributed by atoms with Crippen molar-refractivity contribution in [1.29, 1.82) is 0 Å². The van der Waals surface area contributed by atoms with Crippen molar-refractivity contribution in [3.63, 3.8) is 0 Å². The van der Waals surface area contributed by atoms with Crippen LogP contribution in [0, 0.1) is 0 Å². The van der Waals surface area contributed by atoms with Gasteiger partial charge in [-0.1, -0.05) is 18.2 Å². The lowest BCUT2D eigenvalue weighted by Gasteiger charge is -2.09. The summed E-state index contributed by atoms with van der Waals surface area (Å²) < 4.78 is 20.3. The van der Waals surface area contributed by atoms with E-state index in [1.165, 1.54) is 45.9 Å². The number of hydrogen-bond acceptors (Lipinski definition) is 8. The average molecular weight is 412 g/mol. The molecule has 8 nitrogen and oxygen atoms in total. The summed E-state index contributed by atoms with van der Waals surface area (Å²) in [5.74, 6) is -1.51. The molecule has 0 aliphatic rings. The summed E-state index contributed by atoms with van der Waals surface area (Å²) >= 11 is 0. The molecule has 0 aliphatic heterocycles. The van der Waals surface area contributed by atoms with Gasteiger partial charge in [-0.3, -0.25) is 19.2 Å². The average Bonchev–Trinajstić information content (AvgIpc) is 2.59. The molecule has 156 valence electrons. The maximum atomic E-state index is 11.3. The van der Waals surface area contributed by atoms with E-state index in [2.05, 4.69) is 0 Å². The number of esters is 4. The van der Waals surface area contributed by atoms with E-state index in [0.29, 0.717) is 11.1 Å². The van der Waals surface area contributed by atoms with Crippen LogP contribution in [-0.2, 0) is 19.2 Å². The van der Waals surface area contributed by atoms with Crippen LogP contribution in [0.1, 0.15) is 38.8 Å². The zero-order valence-corrected chi connectivity index (χ0v) is 16.9. The van der Waals surface area contributed by atoms with E-state index in [9.17, 15) is 19.2 Å². The Hall–Kier alpha value is -3.94. The molecular formula is C22H20O8. The lowest BCUT2D eigenvalue weighted by Crippen LogP contribution is -2.07. The first kappa shape index (κ1) is 22.4. The fourth-order valence-electron chi connectivity index (χ4n) is 2.43. The van der Waals surface area contributed by atoms with Gasteiger partial charge in [0, 0.05) is 33.8 Å². The van der Waals surface area contributed by atoms with Crippen molar-refractivity contribution in [3.8, 4) is 23.0 Å². The van der Waals surface area contributed by atoms with Crippen molar-refractivity contribution >= 4 is 36.0 Å². The summed E-state index contributed by atoms with van der Waals surface area (Å²) in [4.78, 5) is 45.0. The van der Waals surface area contributed by atoms with Crippen LogP contribution in [0.25, 0.3) is 12.2 Å². The number of hydrogen-bond donors (Lipinski definition) is 0. The van der Waals surface area contributed by atoms with E-state index in [-0.39, 0.29) is 23.0 Å². The summed E-state index contributed by atoms with van der Waals surface area (Å²) in [5.41, 5.74) is 1.22. The van der Waals surface area contributed by atoms with Gasteiger partial charge in [0.25, 0.3) is 0 Å². The molecule has 2 aromatic rings. The highest BCUT2D eigenvalue weighted by Gasteiger charge is 2.11. The molecule has 0 fully saturated rings. The second kappa shape index (κ2) is 10.0. The van der Waals surface area contributed by atoms with Crippen LogP contribution in [0.3, 0.4) is 0 Å². The van der Waals surface area contributed by atoms with Gasteiger partial charge in [0.15, 0.2) is 11.5 Å². The fourth-order valence-corrected chi connectivity index (χ4v) is 2.43. The Balaban J connectivity index is 2.37. The largest absolute Gasteiger partial charge is 0.427 e. The SMILES string of the molecule is CC(=O)Oc1cc(C=Cc2ccc(OC(C)=O)c(OC(C)=O)c2)cc(OC(C)=O)c1. The second-order valence-corrected chi connectivity index (χ2v) is 6.15. The first-order valence-electron chi connectivity index (χ1n) is 8.83. The Kier molecular flexibility index (Phi) is 7.46. The van der Waals surface area contributed by atoms with Gasteiger partial charge < -0.3 is 18.9 Å². The maximum Gasteiger partial charge on any atom is 0.308 e. The van der Waals surface area contributed by atoms with Crippen LogP contribution in [0.2, 0.25) is 0 Å². The summed E-state index contributed by atoms with van der Waals surface area (Å²) in [6.07, 6.45) is 3.37. The third-order valence-electron chi connectivity index (χ3n) is 3.37. The molecule has 0 unspecified atom stereocenters. The zero-order chi connectivity index (χ0) is 22.3. The number of ether oxygens (including phenoxy) is 4. The van der Waals surface area contributed by atoms with Crippen LogP contribution in [0.5, 0.6) is 23.0 Å². The molecule has 0 bridgehead atoms. The van der Waals surface area contributed by atoms with Crippen molar-refractivity contribution in [2.75, 3.05) is 0 Å². The van der Waals surface area contributed by atoms with E-state index in [1.807, 2.05) is 0 Å². The molecule has 0 saturated carbocycles. The van der Waals surface area contributed by atoms with Crippen molar-refractivity contribution in [1.82, 2.24) is 0 Å². The Morgan fingerprint density at radius 1 is 0.567 bits per heavy atom. The van der Waals surface area contributed by atoms with Gasteiger partial charge in [-0.15, -0.1) is 0 Å². The zero-order valence-electron chi connectivity index (χ0n) is 16.9. The van der Waals surface area contributed by atoms with E-state index in [1.54, 1.807) is 30.4 Å². The minimum absolute atomic E-state index is 0.0918. The Morgan fingerprint density at radius 2 is 1.03 bits per heavy atom.